The number of hydrogen-bond acceptors (Lipinski definition) is 4. The standard InChI is InChI=1S/C17H28N2O5/c1-12(2)8-19-9-13(7-14(19)20)15(21)18-6-4-5-17(10-18,11-24-3)16(22)23/h12-13H,4-11H2,1-3H3,(H,22,23). The summed E-state index contributed by atoms with van der Waals surface area (Å²) in [5.74, 6) is -1.01. The number of hydrogen-bond donors (Lipinski definition) is 1. The Bertz CT molecular complexity index is 503. The third kappa shape index (κ3) is 3.88. The van der Waals surface area contributed by atoms with Gasteiger partial charge in [-0.25, -0.2) is 0 Å². The Labute approximate surface area is 142 Å². The summed E-state index contributed by atoms with van der Waals surface area (Å²) < 4.78 is 5.10. The van der Waals surface area contributed by atoms with E-state index in [9.17, 15) is 19.5 Å². The van der Waals surface area contributed by atoms with Crippen molar-refractivity contribution in [3.05, 3.63) is 0 Å². The first-order chi connectivity index (χ1) is 11.3. The molecule has 0 bridgehead atoms. The average molecular weight is 340 g/mol. The van der Waals surface area contributed by atoms with Gasteiger partial charge in [-0.3, -0.25) is 14.4 Å². The van der Waals surface area contributed by atoms with Crippen molar-refractivity contribution in [1.29, 1.82) is 0 Å². The number of rotatable bonds is 6. The molecule has 2 atom stereocenters. The van der Waals surface area contributed by atoms with Crippen LogP contribution in [0.3, 0.4) is 0 Å². The third-order valence-corrected chi connectivity index (χ3v) is 4.91. The highest BCUT2D eigenvalue weighted by molar-refractivity contribution is 5.89. The molecule has 0 spiro atoms. The Hall–Kier alpha value is -1.63. The van der Waals surface area contributed by atoms with Gasteiger partial charge in [0.25, 0.3) is 0 Å². The summed E-state index contributed by atoms with van der Waals surface area (Å²) in [6.45, 7) is 5.98. The van der Waals surface area contributed by atoms with Gasteiger partial charge < -0.3 is 19.6 Å². The van der Waals surface area contributed by atoms with E-state index in [2.05, 4.69) is 0 Å². The van der Waals surface area contributed by atoms with Crippen LogP contribution in [0.15, 0.2) is 0 Å². The summed E-state index contributed by atoms with van der Waals surface area (Å²) in [5.41, 5.74) is -1.04. The predicted molar refractivity (Wildman–Crippen MR) is 87.3 cm³/mol. The van der Waals surface area contributed by atoms with Crippen molar-refractivity contribution in [3.8, 4) is 0 Å². The van der Waals surface area contributed by atoms with Crippen LogP contribution in [-0.2, 0) is 19.1 Å². The van der Waals surface area contributed by atoms with Crippen molar-refractivity contribution in [2.45, 2.75) is 33.1 Å². The molecular weight excluding hydrogens is 312 g/mol. The molecule has 0 aromatic rings. The first-order valence-electron chi connectivity index (χ1n) is 8.58. The van der Waals surface area contributed by atoms with Crippen LogP contribution < -0.4 is 0 Å². The molecule has 2 amide bonds. The number of likely N-dealkylation sites (tertiary alicyclic amines) is 2. The number of amides is 2. The van der Waals surface area contributed by atoms with Gasteiger partial charge in [0.15, 0.2) is 0 Å². The summed E-state index contributed by atoms with van der Waals surface area (Å²) >= 11 is 0. The Morgan fingerprint density at radius 3 is 2.71 bits per heavy atom. The lowest BCUT2D eigenvalue weighted by molar-refractivity contribution is -0.160. The quantitative estimate of drug-likeness (QED) is 0.774. The van der Waals surface area contributed by atoms with E-state index >= 15 is 0 Å². The molecule has 0 aliphatic carbocycles. The highest BCUT2D eigenvalue weighted by atomic mass is 16.5. The number of carboxylic acid groups (broad SMARTS) is 1. The van der Waals surface area contributed by atoms with Gasteiger partial charge in [-0.15, -0.1) is 0 Å². The van der Waals surface area contributed by atoms with Crippen molar-refractivity contribution < 1.29 is 24.2 Å². The van der Waals surface area contributed by atoms with E-state index in [0.29, 0.717) is 38.4 Å². The minimum atomic E-state index is -1.04. The van der Waals surface area contributed by atoms with E-state index in [0.717, 1.165) is 0 Å². The molecule has 0 aromatic heterocycles. The predicted octanol–water partition coefficient (Wildman–Crippen LogP) is 0.831. The maximum atomic E-state index is 12.8. The van der Waals surface area contributed by atoms with Gasteiger partial charge in [-0.1, -0.05) is 13.8 Å². The topological polar surface area (TPSA) is 87.1 Å². The second-order valence-electron chi connectivity index (χ2n) is 7.48. The molecule has 2 heterocycles. The fourth-order valence-corrected chi connectivity index (χ4v) is 3.76. The summed E-state index contributed by atoms with van der Waals surface area (Å²) in [6.07, 6.45) is 1.37. The zero-order valence-electron chi connectivity index (χ0n) is 14.8. The number of piperidine rings is 1. The maximum absolute atomic E-state index is 12.8. The molecule has 2 fully saturated rings. The lowest BCUT2D eigenvalue weighted by atomic mass is 9.80. The molecule has 0 saturated carbocycles. The van der Waals surface area contributed by atoms with Crippen molar-refractivity contribution in [2.24, 2.45) is 17.3 Å². The largest absolute Gasteiger partial charge is 0.481 e. The lowest BCUT2D eigenvalue weighted by Crippen LogP contribution is -2.53. The second kappa shape index (κ2) is 7.51. The SMILES string of the molecule is COCC1(C(=O)O)CCCN(C(=O)C2CC(=O)N(CC(C)C)C2)C1. The van der Waals surface area contributed by atoms with E-state index in [-0.39, 0.29) is 37.3 Å². The van der Waals surface area contributed by atoms with Crippen molar-refractivity contribution in [3.63, 3.8) is 0 Å². The highest BCUT2D eigenvalue weighted by Gasteiger charge is 2.46. The Balaban J connectivity index is 2.04. The minimum Gasteiger partial charge on any atom is -0.481 e. The molecule has 2 aliphatic rings. The highest BCUT2D eigenvalue weighted by Crippen LogP contribution is 2.32. The molecule has 2 unspecified atom stereocenters. The van der Waals surface area contributed by atoms with Crippen LogP contribution in [0.2, 0.25) is 0 Å². The van der Waals surface area contributed by atoms with Crippen LogP contribution in [0.4, 0.5) is 0 Å². The number of aliphatic carboxylic acids is 1. The number of carboxylic acids is 1. The van der Waals surface area contributed by atoms with Crippen molar-refractivity contribution in [1.82, 2.24) is 9.80 Å². The Morgan fingerprint density at radius 2 is 2.12 bits per heavy atom. The molecule has 7 heteroatoms. The molecule has 136 valence electrons. The third-order valence-electron chi connectivity index (χ3n) is 4.91. The van der Waals surface area contributed by atoms with Crippen molar-refractivity contribution in [2.75, 3.05) is 39.9 Å². The van der Waals surface area contributed by atoms with Crippen molar-refractivity contribution >= 4 is 17.8 Å². The normalized spacial score (nSPS) is 27.8. The average Bonchev–Trinajstić information content (AvgIpc) is 2.87. The van der Waals surface area contributed by atoms with E-state index in [1.807, 2.05) is 13.8 Å². The number of carbonyl (C=O) groups is 3. The number of nitrogens with zero attached hydrogens (tertiary/aromatic N) is 2. The lowest BCUT2D eigenvalue weighted by Gasteiger charge is -2.40. The number of ether oxygens (including phenoxy) is 1. The fraction of sp³-hybridized carbons (Fsp3) is 0.824. The molecule has 24 heavy (non-hydrogen) atoms. The van der Waals surface area contributed by atoms with E-state index < -0.39 is 11.4 Å². The first kappa shape index (κ1) is 18.7. The van der Waals surface area contributed by atoms with Gasteiger partial charge in [0.1, 0.15) is 5.41 Å². The zero-order valence-corrected chi connectivity index (χ0v) is 14.8. The Morgan fingerprint density at radius 1 is 1.42 bits per heavy atom. The van der Waals surface area contributed by atoms with E-state index in [1.165, 1.54) is 7.11 Å². The van der Waals surface area contributed by atoms with Gasteiger partial charge in [-0.2, -0.15) is 0 Å². The number of methoxy groups -OCH3 is 1. The smallest absolute Gasteiger partial charge is 0.313 e. The minimum absolute atomic E-state index is 0.0143. The molecule has 1 N–H and O–H groups in total. The van der Waals surface area contributed by atoms with Crippen LogP contribution in [0, 0.1) is 17.3 Å². The van der Waals surface area contributed by atoms with Gasteiger partial charge in [0, 0.05) is 39.7 Å². The molecule has 2 saturated heterocycles. The van der Waals surface area contributed by atoms with Gasteiger partial charge in [-0.05, 0) is 18.8 Å². The van der Waals surface area contributed by atoms with Gasteiger partial charge in [0.05, 0.1) is 12.5 Å². The molecule has 2 rings (SSSR count). The van der Waals surface area contributed by atoms with Gasteiger partial charge >= 0.3 is 5.97 Å². The zero-order chi connectivity index (χ0) is 17.9. The van der Waals surface area contributed by atoms with E-state index in [1.54, 1.807) is 9.80 Å². The van der Waals surface area contributed by atoms with Crippen LogP contribution in [0.25, 0.3) is 0 Å². The van der Waals surface area contributed by atoms with Gasteiger partial charge in [0.2, 0.25) is 11.8 Å². The summed E-state index contributed by atoms with van der Waals surface area (Å²) in [5, 5.41) is 9.59. The second-order valence-corrected chi connectivity index (χ2v) is 7.48. The molecule has 0 aromatic carbocycles. The first-order valence-corrected chi connectivity index (χ1v) is 8.58. The monoisotopic (exact) mass is 340 g/mol. The van der Waals surface area contributed by atoms with Crippen LogP contribution in [0.5, 0.6) is 0 Å². The Kier molecular flexibility index (Phi) is 5.85. The molecule has 0 radical (unpaired) electrons. The summed E-state index contributed by atoms with van der Waals surface area (Å²) in [4.78, 5) is 40.0. The molecule has 7 nitrogen and oxygen atoms in total. The summed E-state index contributed by atoms with van der Waals surface area (Å²) in [6, 6.07) is 0. The summed E-state index contributed by atoms with van der Waals surface area (Å²) in [7, 11) is 1.48. The van der Waals surface area contributed by atoms with Crippen LogP contribution in [0.1, 0.15) is 33.1 Å². The van der Waals surface area contributed by atoms with E-state index in [4.69, 9.17) is 4.74 Å². The maximum Gasteiger partial charge on any atom is 0.313 e. The fourth-order valence-electron chi connectivity index (χ4n) is 3.76. The van der Waals surface area contributed by atoms with Crippen LogP contribution >= 0.6 is 0 Å². The molecular formula is C17H28N2O5. The molecule has 2 aliphatic heterocycles. The van der Waals surface area contributed by atoms with Crippen LogP contribution in [-0.4, -0.2) is 72.6 Å². The number of carbonyl (C=O) groups excluding carboxylic acids is 2.